The van der Waals surface area contributed by atoms with Crippen LogP contribution in [0.3, 0.4) is 0 Å². The zero-order valence-electron chi connectivity index (χ0n) is 12.9. The fraction of sp³-hybridized carbons (Fsp3) is 0.529. The van der Waals surface area contributed by atoms with Crippen molar-refractivity contribution in [2.45, 2.75) is 46.0 Å². The molecule has 4 heteroatoms. The summed E-state index contributed by atoms with van der Waals surface area (Å²) in [5.74, 6) is -0.544. The second-order valence-electron chi connectivity index (χ2n) is 6.42. The average molecular weight is 289 g/mol. The molecule has 0 saturated carbocycles. The molecule has 0 bridgehead atoms. The summed E-state index contributed by atoms with van der Waals surface area (Å²) in [5.41, 5.74) is 2.48. The quantitative estimate of drug-likeness (QED) is 0.669. The molecule has 1 fully saturated rings. The van der Waals surface area contributed by atoms with Crippen LogP contribution < -0.4 is 0 Å². The maximum Gasteiger partial charge on any atom is 0.256 e. The van der Waals surface area contributed by atoms with E-state index >= 15 is 0 Å². The topological polar surface area (TPSA) is 57.6 Å². The van der Waals surface area contributed by atoms with Crippen LogP contribution in [0.25, 0.3) is 0 Å². The largest absolute Gasteiger partial charge is 0.279 e. The van der Waals surface area contributed by atoms with Gasteiger partial charge in [-0.2, -0.15) is 5.06 Å². The predicted molar refractivity (Wildman–Crippen MR) is 79.8 cm³/mol. The SMILES string of the molecule is CC(C)Cc1ccc(C(C)CC2CC(=O)N(O)C2=O)cc1. The lowest BCUT2D eigenvalue weighted by molar-refractivity contribution is -0.172. The van der Waals surface area contributed by atoms with E-state index in [0.29, 0.717) is 12.3 Å². The maximum absolute atomic E-state index is 11.7. The molecule has 2 atom stereocenters. The van der Waals surface area contributed by atoms with Crippen LogP contribution in [0.5, 0.6) is 0 Å². The summed E-state index contributed by atoms with van der Waals surface area (Å²) < 4.78 is 0. The fourth-order valence-corrected chi connectivity index (χ4v) is 2.88. The number of benzene rings is 1. The van der Waals surface area contributed by atoms with Gasteiger partial charge >= 0.3 is 0 Å². The Bertz CT molecular complexity index is 521. The number of nitrogens with zero attached hydrogens (tertiary/aromatic N) is 1. The molecule has 1 aliphatic heterocycles. The molecule has 114 valence electrons. The minimum atomic E-state index is -0.496. The average Bonchev–Trinajstić information content (AvgIpc) is 2.66. The lowest BCUT2D eigenvalue weighted by atomic mass is 9.88. The van der Waals surface area contributed by atoms with Crippen LogP contribution >= 0.6 is 0 Å². The van der Waals surface area contributed by atoms with Crippen LogP contribution in [0.4, 0.5) is 0 Å². The fourth-order valence-electron chi connectivity index (χ4n) is 2.88. The first-order valence-electron chi connectivity index (χ1n) is 7.53. The molecular formula is C17H23NO3. The highest BCUT2D eigenvalue weighted by Crippen LogP contribution is 2.30. The Labute approximate surface area is 125 Å². The summed E-state index contributed by atoms with van der Waals surface area (Å²) in [5, 5.41) is 9.54. The molecule has 0 aromatic heterocycles. The van der Waals surface area contributed by atoms with Crippen molar-refractivity contribution in [3.05, 3.63) is 35.4 Å². The summed E-state index contributed by atoms with van der Waals surface area (Å²) in [4.78, 5) is 23.0. The number of hydroxylamine groups is 2. The smallest absolute Gasteiger partial charge is 0.256 e. The minimum absolute atomic E-state index is 0.116. The van der Waals surface area contributed by atoms with Crippen LogP contribution in [-0.4, -0.2) is 22.1 Å². The molecule has 1 heterocycles. The number of hydrogen-bond acceptors (Lipinski definition) is 3. The van der Waals surface area contributed by atoms with E-state index in [0.717, 1.165) is 6.42 Å². The van der Waals surface area contributed by atoms with E-state index in [4.69, 9.17) is 0 Å². The molecule has 1 aromatic carbocycles. The highest BCUT2D eigenvalue weighted by molar-refractivity contribution is 6.02. The normalized spacial score (nSPS) is 20.4. The third-order valence-corrected chi connectivity index (χ3v) is 4.05. The van der Waals surface area contributed by atoms with Crippen molar-refractivity contribution in [3.8, 4) is 0 Å². The molecule has 1 aliphatic rings. The van der Waals surface area contributed by atoms with Gasteiger partial charge < -0.3 is 0 Å². The van der Waals surface area contributed by atoms with Crippen molar-refractivity contribution in [3.63, 3.8) is 0 Å². The Morgan fingerprint density at radius 1 is 1.19 bits per heavy atom. The Balaban J connectivity index is 1.99. The molecule has 0 aliphatic carbocycles. The minimum Gasteiger partial charge on any atom is -0.279 e. The number of imide groups is 1. The zero-order valence-corrected chi connectivity index (χ0v) is 12.9. The molecule has 2 rings (SSSR count). The van der Waals surface area contributed by atoms with Crippen molar-refractivity contribution in [1.29, 1.82) is 0 Å². The standard InChI is InChI=1S/C17H23NO3/c1-11(2)8-13-4-6-14(7-5-13)12(3)9-15-10-16(19)18(21)17(15)20/h4-7,11-12,15,21H,8-10H2,1-3H3. The second-order valence-corrected chi connectivity index (χ2v) is 6.42. The predicted octanol–water partition coefficient (Wildman–Crippen LogP) is 3.14. The second kappa shape index (κ2) is 6.39. The molecule has 2 unspecified atom stereocenters. The lowest BCUT2D eigenvalue weighted by Crippen LogP contribution is -2.26. The van der Waals surface area contributed by atoms with Crippen LogP contribution in [0.2, 0.25) is 0 Å². The van der Waals surface area contributed by atoms with Gasteiger partial charge in [0.05, 0.1) is 5.92 Å². The Morgan fingerprint density at radius 3 is 2.29 bits per heavy atom. The van der Waals surface area contributed by atoms with Gasteiger partial charge in [-0.1, -0.05) is 45.0 Å². The lowest BCUT2D eigenvalue weighted by Gasteiger charge is -2.16. The summed E-state index contributed by atoms with van der Waals surface area (Å²) in [6.07, 6.45) is 1.76. The summed E-state index contributed by atoms with van der Waals surface area (Å²) in [6.45, 7) is 6.44. The summed E-state index contributed by atoms with van der Waals surface area (Å²) >= 11 is 0. The van der Waals surface area contributed by atoms with Gasteiger partial charge in [0.25, 0.3) is 11.8 Å². The monoisotopic (exact) mass is 289 g/mol. The van der Waals surface area contributed by atoms with Crippen LogP contribution in [0.1, 0.15) is 50.7 Å². The number of carbonyl (C=O) groups is 2. The van der Waals surface area contributed by atoms with Gasteiger partial charge in [-0.15, -0.1) is 0 Å². The molecule has 1 aromatic rings. The zero-order chi connectivity index (χ0) is 15.6. The maximum atomic E-state index is 11.7. The van der Waals surface area contributed by atoms with Crippen LogP contribution in [-0.2, 0) is 16.0 Å². The molecule has 0 radical (unpaired) electrons. The van der Waals surface area contributed by atoms with Crippen LogP contribution in [0.15, 0.2) is 24.3 Å². The third-order valence-electron chi connectivity index (χ3n) is 4.05. The first-order valence-corrected chi connectivity index (χ1v) is 7.53. The van der Waals surface area contributed by atoms with Gasteiger partial charge in [0, 0.05) is 6.42 Å². The van der Waals surface area contributed by atoms with Gasteiger partial charge in [0.2, 0.25) is 0 Å². The van der Waals surface area contributed by atoms with Crippen molar-refractivity contribution < 1.29 is 14.8 Å². The van der Waals surface area contributed by atoms with E-state index in [1.165, 1.54) is 11.1 Å². The third kappa shape index (κ3) is 3.70. The first kappa shape index (κ1) is 15.7. The first-order chi connectivity index (χ1) is 9.88. The van der Waals surface area contributed by atoms with Gasteiger partial charge in [-0.3, -0.25) is 14.8 Å². The summed E-state index contributed by atoms with van der Waals surface area (Å²) in [7, 11) is 0. The van der Waals surface area contributed by atoms with Crippen molar-refractivity contribution in [2.75, 3.05) is 0 Å². The molecule has 1 saturated heterocycles. The molecular weight excluding hydrogens is 266 g/mol. The van der Waals surface area contributed by atoms with Gasteiger partial charge in [-0.05, 0) is 35.8 Å². The van der Waals surface area contributed by atoms with Gasteiger partial charge in [0.15, 0.2) is 0 Å². The molecule has 2 amide bonds. The van der Waals surface area contributed by atoms with Gasteiger partial charge in [-0.25, -0.2) is 0 Å². The van der Waals surface area contributed by atoms with Crippen LogP contribution in [0, 0.1) is 11.8 Å². The highest BCUT2D eigenvalue weighted by Gasteiger charge is 2.38. The van der Waals surface area contributed by atoms with E-state index < -0.39 is 17.7 Å². The molecule has 4 nitrogen and oxygen atoms in total. The van der Waals surface area contributed by atoms with Crippen molar-refractivity contribution in [1.82, 2.24) is 5.06 Å². The van der Waals surface area contributed by atoms with E-state index in [9.17, 15) is 14.8 Å². The van der Waals surface area contributed by atoms with Gasteiger partial charge in [0.1, 0.15) is 0 Å². The number of rotatable bonds is 5. The Kier molecular flexibility index (Phi) is 4.78. The van der Waals surface area contributed by atoms with E-state index in [-0.39, 0.29) is 17.4 Å². The summed E-state index contributed by atoms with van der Waals surface area (Å²) in [6, 6.07) is 8.46. The number of hydrogen-bond donors (Lipinski definition) is 1. The van der Waals surface area contributed by atoms with Crippen molar-refractivity contribution in [2.24, 2.45) is 11.8 Å². The number of amides is 2. The molecule has 0 spiro atoms. The Hall–Kier alpha value is -1.68. The molecule has 1 N–H and O–H groups in total. The van der Waals surface area contributed by atoms with E-state index in [2.05, 4.69) is 45.0 Å². The number of carbonyl (C=O) groups excluding carboxylic acids is 2. The van der Waals surface area contributed by atoms with E-state index in [1.807, 2.05) is 0 Å². The van der Waals surface area contributed by atoms with Crippen molar-refractivity contribution >= 4 is 11.8 Å². The Morgan fingerprint density at radius 2 is 1.81 bits per heavy atom. The van der Waals surface area contributed by atoms with E-state index in [1.54, 1.807) is 0 Å². The highest BCUT2D eigenvalue weighted by atomic mass is 16.5. The molecule has 21 heavy (non-hydrogen) atoms.